The van der Waals surface area contributed by atoms with Crippen LogP contribution < -0.4 is 10.0 Å². The standard InChI is InChI=1S/C16H23N3O3S.ClH/c1-19(14-8-10-17-11-9-14)16(20)12-2-6-15(7-3-12)23(21,22)18-13-4-5-13;/h2-3,6-7,13-14,17-18H,4-5,8-11H2,1H3;1H. The van der Waals surface area contributed by atoms with E-state index in [2.05, 4.69) is 10.0 Å². The number of carbonyl (C=O) groups is 1. The number of hydrogen-bond acceptors (Lipinski definition) is 4. The molecule has 0 spiro atoms. The molecule has 8 heteroatoms. The van der Waals surface area contributed by atoms with E-state index >= 15 is 0 Å². The second kappa shape index (κ2) is 7.82. The van der Waals surface area contributed by atoms with Crippen molar-refractivity contribution in [3.8, 4) is 0 Å². The molecule has 3 rings (SSSR count). The molecule has 1 aliphatic carbocycles. The van der Waals surface area contributed by atoms with Crippen molar-refractivity contribution in [3.05, 3.63) is 29.8 Å². The predicted octanol–water partition coefficient (Wildman–Crippen LogP) is 1.37. The Morgan fingerprint density at radius 2 is 1.71 bits per heavy atom. The van der Waals surface area contributed by atoms with Gasteiger partial charge in [-0.25, -0.2) is 13.1 Å². The zero-order valence-electron chi connectivity index (χ0n) is 13.7. The minimum absolute atomic E-state index is 0. The summed E-state index contributed by atoms with van der Waals surface area (Å²) >= 11 is 0. The summed E-state index contributed by atoms with van der Waals surface area (Å²) in [7, 11) is -1.65. The van der Waals surface area contributed by atoms with Gasteiger partial charge in [-0.2, -0.15) is 0 Å². The number of piperidine rings is 1. The van der Waals surface area contributed by atoms with Crippen LogP contribution in [-0.4, -0.2) is 51.4 Å². The Hall–Kier alpha value is -1.15. The van der Waals surface area contributed by atoms with E-state index in [-0.39, 0.29) is 35.3 Å². The molecule has 0 atom stereocenters. The Morgan fingerprint density at radius 1 is 1.12 bits per heavy atom. The first-order valence-electron chi connectivity index (χ1n) is 8.07. The smallest absolute Gasteiger partial charge is 0.253 e. The number of nitrogens with zero attached hydrogens (tertiary/aromatic N) is 1. The maximum Gasteiger partial charge on any atom is 0.253 e. The highest BCUT2D eigenvalue weighted by Gasteiger charge is 2.28. The van der Waals surface area contributed by atoms with Crippen LogP contribution in [0.4, 0.5) is 0 Å². The third kappa shape index (κ3) is 4.47. The van der Waals surface area contributed by atoms with E-state index in [1.807, 2.05) is 7.05 Å². The highest BCUT2D eigenvalue weighted by molar-refractivity contribution is 7.89. The van der Waals surface area contributed by atoms with Crippen LogP contribution in [-0.2, 0) is 10.0 Å². The monoisotopic (exact) mass is 373 g/mol. The molecule has 1 heterocycles. The van der Waals surface area contributed by atoms with Gasteiger partial charge in [0.2, 0.25) is 10.0 Å². The van der Waals surface area contributed by atoms with Crippen LogP contribution >= 0.6 is 12.4 Å². The number of nitrogens with one attached hydrogen (secondary N) is 2. The minimum atomic E-state index is -3.46. The van der Waals surface area contributed by atoms with Crippen molar-refractivity contribution < 1.29 is 13.2 Å². The van der Waals surface area contributed by atoms with Crippen molar-refractivity contribution in [2.24, 2.45) is 0 Å². The van der Waals surface area contributed by atoms with Crippen LogP contribution in [0.1, 0.15) is 36.0 Å². The van der Waals surface area contributed by atoms with E-state index in [1.54, 1.807) is 17.0 Å². The topological polar surface area (TPSA) is 78.5 Å². The molecule has 6 nitrogen and oxygen atoms in total. The van der Waals surface area contributed by atoms with Gasteiger partial charge in [0.05, 0.1) is 4.90 Å². The molecule has 1 aromatic carbocycles. The van der Waals surface area contributed by atoms with Crippen molar-refractivity contribution in [2.45, 2.75) is 42.7 Å². The van der Waals surface area contributed by atoms with E-state index in [9.17, 15) is 13.2 Å². The molecule has 1 saturated carbocycles. The third-order valence-electron chi connectivity index (χ3n) is 4.49. The zero-order valence-corrected chi connectivity index (χ0v) is 15.3. The molecule has 2 N–H and O–H groups in total. The molecular weight excluding hydrogens is 350 g/mol. The van der Waals surface area contributed by atoms with Crippen molar-refractivity contribution in [1.82, 2.24) is 14.9 Å². The van der Waals surface area contributed by atoms with E-state index in [0.717, 1.165) is 38.8 Å². The fourth-order valence-corrected chi connectivity index (χ4v) is 4.13. The maximum atomic E-state index is 12.5. The average molecular weight is 374 g/mol. The summed E-state index contributed by atoms with van der Waals surface area (Å²) in [6.45, 7) is 1.85. The number of sulfonamides is 1. The normalized spacial score (nSPS) is 18.7. The van der Waals surface area contributed by atoms with Gasteiger partial charge in [0.15, 0.2) is 0 Å². The SMILES string of the molecule is CN(C(=O)c1ccc(S(=O)(=O)NC2CC2)cc1)C1CCNCC1.Cl. The Morgan fingerprint density at radius 3 is 2.25 bits per heavy atom. The quantitative estimate of drug-likeness (QED) is 0.817. The van der Waals surface area contributed by atoms with Crippen LogP contribution in [0.2, 0.25) is 0 Å². The Labute approximate surface area is 149 Å². The number of rotatable bonds is 5. The number of hydrogen-bond donors (Lipinski definition) is 2. The molecule has 24 heavy (non-hydrogen) atoms. The summed E-state index contributed by atoms with van der Waals surface area (Å²) < 4.78 is 26.9. The lowest BCUT2D eigenvalue weighted by molar-refractivity contribution is 0.0703. The summed E-state index contributed by atoms with van der Waals surface area (Å²) in [6, 6.07) is 6.53. The van der Waals surface area contributed by atoms with Gasteiger partial charge < -0.3 is 10.2 Å². The molecule has 0 aromatic heterocycles. The molecule has 0 unspecified atom stereocenters. The predicted molar refractivity (Wildman–Crippen MR) is 95.0 cm³/mol. The summed E-state index contributed by atoms with van der Waals surface area (Å²) in [4.78, 5) is 14.5. The van der Waals surface area contributed by atoms with Crippen LogP contribution in [0.5, 0.6) is 0 Å². The van der Waals surface area contributed by atoms with E-state index in [1.165, 1.54) is 12.1 Å². The van der Waals surface area contributed by atoms with Gasteiger partial charge >= 0.3 is 0 Å². The molecular formula is C16H24ClN3O3S. The van der Waals surface area contributed by atoms with Crippen LogP contribution in [0, 0.1) is 0 Å². The van der Waals surface area contributed by atoms with Gasteiger partial charge in [-0.05, 0) is 63.0 Å². The Kier molecular flexibility index (Phi) is 6.25. The van der Waals surface area contributed by atoms with Crippen molar-refractivity contribution in [3.63, 3.8) is 0 Å². The second-order valence-electron chi connectivity index (χ2n) is 6.32. The number of amides is 1. The average Bonchev–Trinajstić information content (AvgIpc) is 3.38. The van der Waals surface area contributed by atoms with Crippen molar-refractivity contribution >= 4 is 28.3 Å². The molecule has 2 aliphatic rings. The molecule has 134 valence electrons. The molecule has 0 bridgehead atoms. The lowest BCUT2D eigenvalue weighted by Crippen LogP contribution is -2.43. The summed E-state index contributed by atoms with van der Waals surface area (Å²) in [5.41, 5.74) is 0.524. The summed E-state index contributed by atoms with van der Waals surface area (Å²) in [5.74, 6) is -0.0593. The van der Waals surface area contributed by atoms with Gasteiger partial charge in [0, 0.05) is 24.7 Å². The van der Waals surface area contributed by atoms with Crippen LogP contribution in [0.3, 0.4) is 0 Å². The first kappa shape index (κ1) is 19.2. The third-order valence-corrected chi connectivity index (χ3v) is 6.02. The first-order chi connectivity index (χ1) is 11.0. The fraction of sp³-hybridized carbons (Fsp3) is 0.562. The van der Waals surface area contributed by atoms with Gasteiger partial charge in [-0.3, -0.25) is 4.79 Å². The highest BCUT2D eigenvalue weighted by atomic mass is 35.5. The highest BCUT2D eigenvalue weighted by Crippen LogP contribution is 2.22. The fourth-order valence-electron chi connectivity index (χ4n) is 2.83. The molecule has 1 aromatic rings. The largest absolute Gasteiger partial charge is 0.339 e. The molecule has 1 saturated heterocycles. The second-order valence-corrected chi connectivity index (χ2v) is 8.03. The first-order valence-corrected chi connectivity index (χ1v) is 9.56. The number of carbonyl (C=O) groups excluding carboxylic acids is 1. The molecule has 2 fully saturated rings. The lowest BCUT2D eigenvalue weighted by Gasteiger charge is -2.31. The van der Waals surface area contributed by atoms with Gasteiger partial charge in [-0.1, -0.05) is 0 Å². The Bertz CT molecular complexity index is 668. The van der Waals surface area contributed by atoms with E-state index in [4.69, 9.17) is 0 Å². The molecule has 1 amide bonds. The minimum Gasteiger partial charge on any atom is -0.339 e. The summed E-state index contributed by atoms with van der Waals surface area (Å²) in [5, 5.41) is 3.28. The number of benzene rings is 1. The van der Waals surface area contributed by atoms with Crippen LogP contribution in [0.25, 0.3) is 0 Å². The molecule has 0 radical (unpaired) electrons. The zero-order chi connectivity index (χ0) is 16.4. The lowest BCUT2D eigenvalue weighted by atomic mass is 10.0. The van der Waals surface area contributed by atoms with Crippen LogP contribution in [0.15, 0.2) is 29.2 Å². The van der Waals surface area contributed by atoms with E-state index in [0.29, 0.717) is 5.56 Å². The molecule has 1 aliphatic heterocycles. The Balaban J connectivity index is 0.00000208. The van der Waals surface area contributed by atoms with Gasteiger partial charge in [0.25, 0.3) is 5.91 Å². The van der Waals surface area contributed by atoms with E-state index < -0.39 is 10.0 Å². The van der Waals surface area contributed by atoms with Crippen molar-refractivity contribution in [2.75, 3.05) is 20.1 Å². The summed E-state index contributed by atoms with van der Waals surface area (Å²) in [6.07, 6.45) is 3.69. The number of halogens is 1. The van der Waals surface area contributed by atoms with Gasteiger partial charge in [0.1, 0.15) is 0 Å². The van der Waals surface area contributed by atoms with Crippen molar-refractivity contribution in [1.29, 1.82) is 0 Å². The van der Waals surface area contributed by atoms with Gasteiger partial charge in [-0.15, -0.1) is 12.4 Å². The maximum absolute atomic E-state index is 12.5.